The molecule has 3 nitrogen and oxygen atoms in total. The highest BCUT2D eigenvalue weighted by Crippen LogP contribution is 2.15. The summed E-state index contributed by atoms with van der Waals surface area (Å²) in [7, 11) is 0. The molecule has 0 aliphatic carbocycles. The van der Waals surface area contributed by atoms with Gasteiger partial charge in [-0.25, -0.2) is 0 Å². The highest BCUT2D eigenvalue weighted by atomic mass is 16.5. The van der Waals surface area contributed by atoms with Gasteiger partial charge in [0, 0.05) is 12.1 Å². The fourth-order valence-electron chi connectivity index (χ4n) is 2.42. The lowest BCUT2D eigenvalue weighted by atomic mass is 9.97. The van der Waals surface area contributed by atoms with Gasteiger partial charge >= 0.3 is 5.97 Å². The third-order valence-corrected chi connectivity index (χ3v) is 3.82. The fraction of sp³-hybridized carbons (Fsp3) is 0.611. The van der Waals surface area contributed by atoms with E-state index in [1.807, 2.05) is 6.92 Å². The second-order valence-electron chi connectivity index (χ2n) is 5.82. The maximum absolute atomic E-state index is 11.8. The number of hydrogen-bond donors (Lipinski definition) is 1. The molecule has 2 atom stereocenters. The van der Waals surface area contributed by atoms with E-state index < -0.39 is 0 Å². The first kappa shape index (κ1) is 17.7. The Morgan fingerprint density at radius 2 is 2.00 bits per heavy atom. The van der Waals surface area contributed by atoms with Crippen LogP contribution in [0.2, 0.25) is 0 Å². The van der Waals surface area contributed by atoms with Crippen molar-refractivity contribution in [3.8, 4) is 0 Å². The number of benzene rings is 1. The van der Waals surface area contributed by atoms with Gasteiger partial charge in [0.05, 0.1) is 13.0 Å². The van der Waals surface area contributed by atoms with Crippen molar-refractivity contribution in [2.45, 2.75) is 66.0 Å². The second-order valence-corrected chi connectivity index (χ2v) is 5.82. The monoisotopic (exact) mass is 291 g/mol. The zero-order chi connectivity index (χ0) is 15.8. The van der Waals surface area contributed by atoms with Gasteiger partial charge in [-0.3, -0.25) is 4.79 Å². The summed E-state index contributed by atoms with van der Waals surface area (Å²) >= 11 is 0. The van der Waals surface area contributed by atoms with Crippen LogP contribution in [-0.2, 0) is 16.0 Å². The van der Waals surface area contributed by atoms with Crippen molar-refractivity contribution in [3.05, 3.63) is 34.9 Å². The van der Waals surface area contributed by atoms with Crippen LogP contribution in [0.1, 0.15) is 50.3 Å². The summed E-state index contributed by atoms with van der Waals surface area (Å²) in [6, 6.07) is 7.01. The molecule has 21 heavy (non-hydrogen) atoms. The topological polar surface area (TPSA) is 38.3 Å². The molecule has 0 heterocycles. The van der Waals surface area contributed by atoms with E-state index in [2.05, 4.69) is 51.2 Å². The van der Waals surface area contributed by atoms with Crippen molar-refractivity contribution in [3.63, 3.8) is 0 Å². The number of rotatable bonds is 8. The van der Waals surface area contributed by atoms with Gasteiger partial charge in [-0.1, -0.05) is 30.7 Å². The molecule has 1 N–H and O–H groups in total. The summed E-state index contributed by atoms with van der Waals surface area (Å²) in [6.45, 7) is 10.8. The number of carbonyl (C=O) groups is 1. The van der Waals surface area contributed by atoms with Gasteiger partial charge in [-0.2, -0.15) is 0 Å². The van der Waals surface area contributed by atoms with Crippen molar-refractivity contribution < 1.29 is 9.53 Å². The molecule has 2 unspecified atom stereocenters. The van der Waals surface area contributed by atoms with Crippen molar-refractivity contribution in [2.75, 3.05) is 6.61 Å². The van der Waals surface area contributed by atoms with Crippen LogP contribution in [0.5, 0.6) is 0 Å². The van der Waals surface area contributed by atoms with Gasteiger partial charge in [0.2, 0.25) is 0 Å². The Kier molecular flexibility index (Phi) is 7.44. The Hall–Kier alpha value is -1.35. The average molecular weight is 291 g/mol. The normalized spacial score (nSPS) is 13.8. The van der Waals surface area contributed by atoms with Crippen LogP contribution in [-0.4, -0.2) is 24.7 Å². The molecule has 0 amide bonds. The van der Waals surface area contributed by atoms with E-state index in [9.17, 15) is 4.79 Å². The molecule has 118 valence electrons. The highest BCUT2D eigenvalue weighted by Gasteiger charge is 2.18. The SMILES string of the molecule is CCOC(=O)CC(Cc1cc(C)ccc1C)NC(C)CC. The smallest absolute Gasteiger partial charge is 0.307 e. The summed E-state index contributed by atoms with van der Waals surface area (Å²) in [5, 5.41) is 3.55. The van der Waals surface area contributed by atoms with Gasteiger partial charge < -0.3 is 10.1 Å². The third-order valence-electron chi connectivity index (χ3n) is 3.82. The molecule has 1 rings (SSSR count). The highest BCUT2D eigenvalue weighted by molar-refractivity contribution is 5.70. The minimum absolute atomic E-state index is 0.122. The largest absolute Gasteiger partial charge is 0.466 e. The van der Waals surface area contributed by atoms with Gasteiger partial charge in [0.15, 0.2) is 0 Å². The number of nitrogens with one attached hydrogen (secondary N) is 1. The Morgan fingerprint density at radius 3 is 2.62 bits per heavy atom. The lowest BCUT2D eigenvalue weighted by molar-refractivity contribution is -0.143. The van der Waals surface area contributed by atoms with E-state index in [0.29, 0.717) is 19.1 Å². The Balaban J connectivity index is 2.80. The molecule has 0 aliphatic heterocycles. The molecule has 0 spiro atoms. The number of esters is 1. The molecule has 1 aromatic carbocycles. The number of carbonyl (C=O) groups excluding carboxylic acids is 1. The van der Waals surface area contributed by atoms with E-state index in [0.717, 1.165) is 12.8 Å². The summed E-state index contributed by atoms with van der Waals surface area (Å²) in [4.78, 5) is 11.8. The Bertz CT molecular complexity index is 457. The van der Waals surface area contributed by atoms with Crippen LogP contribution in [0.15, 0.2) is 18.2 Å². The zero-order valence-electron chi connectivity index (χ0n) is 14.0. The third kappa shape index (κ3) is 6.30. The van der Waals surface area contributed by atoms with Crippen LogP contribution in [0.25, 0.3) is 0 Å². The molecule has 0 saturated carbocycles. The first-order valence-electron chi connectivity index (χ1n) is 7.94. The second kappa shape index (κ2) is 8.83. The summed E-state index contributed by atoms with van der Waals surface area (Å²) in [6.07, 6.45) is 2.33. The molecule has 0 fully saturated rings. The molecule has 0 aromatic heterocycles. The van der Waals surface area contributed by atoms with Crippen molar-refractivity contribution in [2.24, 2.45) is 0 Å². The minimum atomic E-state index is -0.122. The Labute approximate surface area is 129 Å². The molecular weight excluding hydrogens is 262 g/mol. The van der Waals surface area contributed by atoms with Crippen molar-refractivity contribution in [1.82, 2.24) is 5.32 Å². The summed E-state index contributed by atoms with van der Waals surface area (Å²) in [5.41, 5.74) is 3.84. The molecule has 0 radical (unpaired) electrons. The predicted octanol–water partition coefficient (Wildman–Crippen LogP) is 3.56. The van der Waals surface area contributed by atoms with E-state index in [4.69, 9.17) is 4.74 Å². The van der Waals surface area contributed by atoms with Crippen LogP contribution in [0.3, 0.4) is 0 Å². The number of hydrogen-bond acceptors (Lipinski definition) is 3. The average Bonchev–Trinajstić information content (AvgIpc) is 2.42. The van der Waals surface area contributed by atoms with E-state index >= 15 is 0 Å². The van der Waals surface area contributed by atoms with E-state index in [-0.39, 0.29) is 12.0 Å². The van der Waals surface area contributed by atoms with Gasteiger partial charge in [0.1, 0.15) is 0 Å². The van der Waals surface area contributed by atoms with Crippen LogP contribution < -0.4 is 5.32 Å². The molecule has 0 aliphatic rings. The first-order valence-corrected chi connectivity index (χ1v) is 7.94. The molecule has 1 aromatic rings. The molecule has 3 heteroatoms. The van der Waals surface area contributed by atoms with Crippen LogP contribution >= 0.6 is 0 Å². The molecule has 0 bridgehead atoms. The summed E-state index contributed by atoms with van der Waals surface area (Å²) < 4.78 is 5.10. The van der Waals surface area contributed by atoms with Crippen LogP contribution in [0, 0.1) is 13.8 Å². The van der Waals surface area contributed by atoms with Gasteiger partial charge in [-0.05, 0) is 51.7 Å². The van der Waals surface area contributed by atoms with Gasteiger partial charge in [-0.15, -0.1) is 0 Å². The maximum atomic E-state index is 11.8. The molecular formula is C18H29NO2. The lowest BCUT2D eigenvalue weighted by Gasteiger charge is -2.23. The fourth-order valence-corrected chi connectivity index (χ4v) is 2.42. The van der Waals surface area contributed by atoms with Gasteiger partial charge in [0.25, 0.3) is 0 Å². The standard InChI is InChI=1S/C18H29NO2/c1-6-15(5)19-17(12-18(20)21-7-2)11-16-10-13(3)8-9-14(16)4/h8-10,15,17,19H,6-7,11-12H2,1-5H3. The molecule has 0 saturated heterocycles. The lowest BCUT2D eigenvalue weighted by Crippen LogP contribution is -2.39. The predicted molar refractivity (Wildman–Crippen MR) is 87.5 cm³/mol. The summed E-state index contributed by atoms with van der Waals surface area (Å²) in [5.74, 6) is -0.122. The first-order chi connectivity index (χ1) is 9.96. The van der Waals surface area contributed by atoms with E-state index in [1.165, 1.54) is 16.7 Å². The Morgan fingerprint density at radius 1 is 1.29 bits per heavy atom. The van der Waals surface area contributed by atoms with Crippen molar-refractivity contribution >= 4 is 5.97 Å². The number of ether oxygens (including phenoxy) is 1. The van der Waals surface area contributed by atoms with E-state index in [1.54, 1.807) is 0 Å². The quantitative estimate of drug-likeness (QED) is 0.744. The zero-order valence-corrected chi connectivity index (χ0v) is 14.0. The van der Waals surface area contributed by atoms with Crippen molar-refractivity contribution in [1.29, 1.82) is 0 Å². The number of aryl methyl sites for hydroxylation is 2. The minimum Gasteiger partial charge on any atom is -0.466 e. The maximum Gasteiger partial charge on any atom is 0.307 e. The van der Waals surface area contributed by atoms with Crippen LogP contribution in [0.4, 0.5) is 0 Å².